The first kappa shape index (κ1) is 11.6. The Bertz CT molecular complexity index is 404. The molecule has 1 aromatic heterocycles. The highest BCUT2D eigenvalue weighted by Crippen LogP contribution is 2.26. The number of carbonyl (C=O) groups is 1. The highest BCUT2D eigenvalue weighted by atomic mass is 16.2. The molecule has 0 bridgehead atoms. The number of nitrogens with one attached hydrogen (secondary N) is 1. The molecule has 0 aromatic carbocycles. The Balaban J connectivity index is 1.67. The first-order valence-electron chi connectivity index (χ1n) is 6.62. The van der Waals surface area contributed by atoms with Crippen molar-refractivity contribution in [2.75, 3.05) is 19.6 Å². The Morgan fingerprint density at radius 3 is 3.11 bits per heavy atom. The lowest BCUT2D eigenvalue weighted by molar-refractivity contribution is -0.133. The number of hydrogen-bond donors (Lipinski definition) is 1. The fourth-order valence-electron chi connectivity index (χ4n) is 3.02. The average molecular weight is 249 g/mol. The van der Waals surface area contributed by atoms with Crippen LogP contribution in [-0.2, 0) is 4.79 Å². The normalized spacial score (nSPS) is 29.1. The summed E-state index contributed by atoms with van der Waals surface area (Å²) in [4.78, 5) is 18.3. The van der Waals surface area contributed by atoms with Crippen molar-refractivity contribution in [1.29, 1.82) is 0 Å². The average Bonchev–Trinajstić information content (AvgIpc) is 3.05. The first-order valence-corrected chi connectivity index (χ1v) is 6.62. The number of hydrogen-bond acceptors (Lipinski definition) is 4. The molecular formula is C12H19N5O. The van der Waals surface area contributed by atoms with Crippen LogP contribution in [0, 0.1) is 5.92 Å². The monoisotopic (exact) mass is 249 g/mol. The second-order valence-corrected chi connectivity index (χ2v) is 5.26. The van der Waals surface area contributed by atoms with Gasteiger partial charge in [0.15, 0.2) is 0 Å². The van der Waals surface area contributed by atoms with Crippen molar-refractivity contribution in [2.45, 2.75) is 31.8 Å². The van der Waals surface area contributed by atoms with E-state index < -0.39 is 0 Å². The van der Waals surface area contributed by atoms with Crippen molar-refractivity contribution in [3.05, 3.63) is 12.7 Å². The summed E-state index contributed by atoms with van der Waals surface area (Å²) in [5.74, 6) is 0.780. The third kappa shape index (κ3) is 2.01. The molecule has 1 aromatic rings. The summed E-state index contributed by atoms with van der Waals surface area (Å²) in [7, 11) is 0. The Morgan fingerprint density at radius 2 is 2.39 bits per heavy atom. The Labute approximate surface area is 106 Å². The molecule has 1 N–H and O–H groups in total. The van der Waals surface area contributed by atoms with E-state index in [-0.39, 0.29) is 11.9 Å². The molecule has 6 heteroatoms. The molecular weight excluding hydrogens is 230 g/mol. The van der Waals surface area contributed by atoms with Gasteiger partial charge in [-0.05, 0) is 32.2 Å². The number of piperidine rings is 1. The second-order valence-electron chi connectivity index (χ2n) is 5.26. The SMILES string of the molecule is CC(C(=O)N1CC2CCCNC2C1)n1cncn1. The molecule has 3 unspecified atom stereocenters. The number of rotatable bonds is 2. The van der Waals surface area contributed by atoms with Gasteiger partial charge in [0.05, 0.1) is 0 Å². The van der Waals surface area contributed by atoms with Gasteiger partial charge < -0.3 is 10.2 Å². The maximum Gasteiger partial charge on any atom is 0.247 e. The molecule has 98 valence electrons. The fraction of sp³-hybridized carbons (Fsp3) is 0.750. The van der Waals surface area contributed by atoms with Gasteiger partial charge in [-0.2, -0.15) is 5.10 Å². The van der Waals surface area contributed by atoms with Crippen LogP contribution in [0.3, 0.4) is 0 Å². The number of aromatic nitrogens is 3. The molecule has 0 spiro atoms. The van der Waals surface area contributed by atoms with E-state index >= 15 is 0 Å². The highest BCUT2D eigenvalue weighted by Gasteiger charge is 2.37. The quantitative estimate of drug-likeness (QED) is 0.804. The topological polar surface area (TPSA) is 63.1 Å². The van der Waals surface area contributed by atoms with Crippen LogP contribution in [0.4, 0.5) is 0 Å². The number of carbonyl (C=O) groups excluding carboxylic acids is 1. The van der Waals surface area contributed by atoms with Crippen LogP contribution in [-0.4, -0.2) is 51.2 Å². The lowest BCUT2D eigenvalue weighted by Crippen LogP contribution is -2.41. The summed E-state index contributed by atoms with van der Waals surface area (Å²) >= 11 is 0. The van der Waals surface area contributed by atoms with Crippen molar-refractivity contribution in [3.8, 4) is 0 Å². The summed E-state index contributed by atoms with van der Waals surface area (Å²) in [5, 5.41) is 7.55. The lowest BCUT2D eigenvalue weighted by atomic mass is 9.94. The van der Waals surface area contributed by atoms with E-state index in [1.807, 2.05) is 11.8 Å². The van der Waals surface area contributed by atoms with Crippen LogP contribution in [0.1, 0.15) is 25.8 Å². The molecule has 2 fully saturated rings. The van der Waals surface area contributed by atoms with Gasteiger partial charge in [-0.3, -0.25) is 4.79 Å². The van der Waals surface area contributed by atoms with Gasteiger partial charge in [0.1, 0.15) is 18.7 Å². The second kappa shape index (κ2) is 4.68. The van der Waals surface area contributed by atoms with Gasteiger partial charge in [0.2, 0.25) is 5.91 Å². The van der Waals surface area contributed by atoms with Gasteiger partial charge >= 0.3 is 0 Å². The van der Waals surface area contributed by atoms with Crippen molar-refractivity contribution in [2.24, 2.45) is 5.92 Å². The largest absolute Gasteiger partial charge is 0.339 e. The van der Waals surface area contributed by atoms with Crippen LogP contribution in [0.15, 0.2) is 12.7 Å². The Morgan fingerprint density at radius 1 is 1.50 bits per heavy atom. The maximum atomic E-state index is 12.4. The van der Waals surface area contributed by atoms with Gasteiger partial charge in [-0.1, -0.05) is 0 Å². The molecule has 2 aliphatic rings. The van der Waals surface area contributed by atoms with Crippen LogP contribution in [0.25, 0.3) is 0 Å². The lowest BCUT2D eigenvalue weighted by Gasteiger charge is -2.24. The predicted molar refractivity (Wildman–Crippen MR) is 65.8 cm³/mol. The van der Waals surface area contributed by atoms with Crippen molar-refractivity contribution in [3.63, 3.8) is 0 Å². The number of nitrogens with zero attached hydrogens (tertiary/aromatic N) is 4. The number of amides is 1. The van der Waals surface area contributed by atoms with Crippen LogP contribution >= 0.6 is 0 Å². The van der Waals surface area contributed by atoms with Gasteiger partial charge in [0.25, 0.3) is 0 Å². The molecule has 0 saturated carbocycles. The summed E-state index contributed by atoms with van der Waals surface area (Å²) in [6.45, 7) is 4.69. The summed E-state index contributed by atoms with van der Waals surface area (Å²) in [6.07, 6.45) is 5.53. The third-order valence-corrected chi connectivity index (χ3v) is 4.10. The van der Waals surface area contributed by atoms with Crippen molar-refractivity contribution >= 4 is 5.91 Å². The molecule has 3 rings (SSSR count). The number of fused-ring (bicyclic) bond motifs is 1. The molecule has 6 nitrogen and oxygen atoms in total. The van der Waals surface area contributed by atoms with E-state index in [9.17, 15) is 4.79 Å². The zero-order chi connectivity index (χ0) is 12.5. The predicted octanol–water partition coefficient (Wildman–Crippen LogP) is 0.0495. The Kier molecular flexibility index (Phi) is 3.03. The maximum absolute atomic E-state index is 12.4. The van der Waals surface area contributed by atoms with E-state index in [1.54, 1.807) is 11.0 Å². The van der Waals surface area contributed by atoms with E-state index in [0.717, 1.165) is 19.6 Å². The van der Waals surface area contributed by atoms with E-state index in [2.05, 4.69) is 15.4 Å². The molecule has 2 saturated heterocycles. The minimum Gasteiger partial charge on any atom is -0.339 e. The standard InChI is InChI=1S/C12H19N5O/c1-9(17-8-13-7-15-17)12(18)16-5-10-3-2-4-14-11(10)6-16/h7-11,14H,2-6H2,1H3. The third-order valence-electron chi connectivity index (χ3n) is 4.10. The zero-order valence-electron chi connectivity index (χ0n) is 10.6. The molecule has 3 atom stereocenters. The summed E-state index contributed by atoms with van der Waals surface area (Å²) < 4.78 is 1.62. The van der Waals surface area contributed by atoms with Crippen molar-refractivity contribution < 1.29 is 4.79 Å². The summed E-state index contributed by atoms with van der Waals surface area (Å²) in [6, 6.07) is 0.235. The minimum absolute atomic E-state index is 0.150. The minimum atomic E-state index is -0.257. The molecule has 3 heterocycles. The molecule has 1 amide bonds. The first-order chi connectivity index (χ1) is 8.75. The van der Waals surface area contributed by atoms with Gasteiger partial charge in [-0.25, -0.2) is 9.67 Å². The zero-order valence-corrected chi connectivity index (χ0v) is 10.6. The van der Waals surface area contributed by atoms with Crippen LogP contribution in [0.5, 0.6) is 0 Å². The molecule has 2 aliphatic heterocycles. The highest BCUT2D eigenvalue weighted by molar-refractivity contribution is 5.80. The van der Waals surface area contributed by atoms with Gasteiger partial charge in [0, 0.05) is 19.1 Å². The van der Waals surface area contributed by atoms with Crippen LogP contribution < -0.4 is 5.32 Å². The summed E-state index contributed by atoms with van der Waals surface area (Å²) in [5.41, 5.74) is 0. The Hall–Kier alpha value is -1.43. The fourth-order valence-corrected chi connectivity index (χ4v) is 3.02. The smallest absolute Gasteiger partial charge is 0.247 e. The van der Waals surface area contributed by atoms with Crippen LogP contribution in [0.2, 0.25) is 0 Å². The number of likely N-dealkylation sites (tertiary alicyclic amines) is 1. The van der Waals surface area contributed by atoms with E-state index in [0.29, 0.717) is 12.0 Å². The van der Waals surface area contributed by atoms with E-state index in [4.69, 9.17) is 0 Å². The molecule has 0 aliphatic carbocycles. The van der Waals surface area contributed by atoms with Crippen molar-refractivity contribution in [1.82, 2.24) is 25.0 Å². The molecule has 0 radical (unpaired) electrons. The van der Waals surface area contributed by atoms with Gasteiger partial charge in [-0.15, -0.1) is 0 Å². The van der Waals surface area contributed by atoms with E-state index in [1.165, 1.54) is 19.2 Å². The molecule has 18 heavy (non-hydrogen) atoms.